The number of carbonyl (C=O) groups excluding carboxylic acids is 1. The van der Waals surface area contributed by atoms with E-state index in [-0.39, 0.29) is 0 Å². The van der Waals surface area contributed by atoms with Crippen LogP contribution in [0.5, 0.6) is 0 Å². The Hall–Kier alpha value is -1.35. The maximum Gasteiger partial charge on any atom is 0.222 e. The van der Waals surface area contributed by atoms with Gasteiger partial charge < -0.3 is 10.2 Å². The number of rotatable bonds is 3. The molecule has 0 radical (unpaired) electrons. The van der Waals surface area contributed by atoms with Gasteiger partial charge in [-0.05, 0) is 31.9 Å². The standard InChI is InChI=1S/C15H22N2O/c1-13-4-2-5-14(12-13)6-7-15(18)17-10-3-8-16-9-11-17/h2,4-5,12,16H,3,6-11H2,1H3. The second-order valence-electron chi connectivity index (χ2n) is 4.97. The predicted molar refractivity (Wildman–Crippen MR) is 73.6 cm³/mol. The van der Waals surface area contributed by atoms with Crippen molar-refractivity contribution in [1.29, 1.82) is 0 Å². The van der Waals surface area contributed by atoms with E-state index in [2.05, 4.69) is 36.5 Å². The number of carbonyl (C=O) groups is 1. The van der Waals surface area contributed by atoms with Gasteiger partial charge in [0.05, 0.1) is 0 Å². The summed E-state index contributed by atoms with van der Waals surface area (Å²) in [7, 11) is 0. The first kappa shape index (κ1) is 13.1. The van der Waals surface area contributed by atoms with Crippen LogP contribution in [0.4, 0.5) is 0 Å². The normalized spacial score (nSPS) is 16.4. The molecule has 0 spiro atoms. The molecule has 1 aromatic carbocycles. The van der Waals surface area contributed by atoms with Crippen molar-refractivity contribution in [3.8, 4) is 0 Å². The fourth-order valence-corrected chi connectivity index (χ4v) is 2.37. The number of benzene rings is 1. The summed E-state index contributed by atoms with van der Waals surface area (Å²) in [6.07, 6.45) is 2.55. The Morgan fingerprint density at radius 3 is 3.06 bits per heavy atom. The highest BCUT2D eigenvalue weighted by molar-refractivity contribution is 5.76. The van der Waals surface area contributed by atoms with Gasteiger partial charge in [0.2, 0.25) is 5.91 Å². The zero-order chi connectivity index (χ0) is 12.8. The van der Waals surface area contributed by atoms with Crippen LogP contribution >= 0.6 is 0 Å². The van der Waals surface area contributed by atoms with Crippen molar-refractivity contribution in [2.24, 2.45) is 0 Å². The highest BCUT2D eigenvalue weighted by Gasteiger charge is 2.14. The molecule has 0 atom stereocenters. The Labute approximate surface area is 109 Å². The third kappa shape index (κ3) is 3.84. The molecule has 1 aliphatic heterocycles. The van der Waals surface area contributed by atoms with Crippen LogP contribution in [0.3, 0.4) is 0 Å². The van der Waals surface area contributed by atoms with Gasteiger partial charge in [-0.15, -0.1) is 0 Å². The molecule has 1 aromatic rings. The molecule has 0 aromatic heterocycles. The Kier molecular flexibility index (Phi) is 4.76. The Morgan fingerprint density at radius 2 is 2.22 bits per heavy atom. The Balaban J connectivity index is 1.83. The van der Waals surface area contributed by atoms with E-state index in [1.54, 1.807) is 0 Å². The van der Waals surface area contributed by atoms with Crippen LogP contribution in [-0.4, -0.2) is 37.0 Å². The van der Waals surface area contributed by atoms with Gasteiger partial charge in [-0.3, -0.25) is 4.79 Å². The Bertz CT molecular complexity index is 395. The van der Waals surface area contributed by atoms with E-state index in [1.807, 2.05) is 4.90 Å². The first-order valence-corrected chi connectivity index (χ1v) is 6.80. The van der Waals surface area contributed by atoms with Gasteiger partial charge in [-0.2, -0.15) is 0 Å². The van der Waals surface area contributed by atoms with Crippen molar-refractivity contribution in [2.75, 3.05) is 26.2 Å². The molecular formula is C15H22N2O. The molecule has 0 aliphatic carbocycles. The smallest absolute Gasteiger partial charge is 0.222 e. The van der Waals surface area contributed by atoms with Gasteiger partial charge in [0, 0.05) is 26.1 Å². The van der Waals surface area contributed by atoms with E-state index in [9.17, 15) is 4.79 Å². The van der Waals surface area contributed by atoms with E-state index in [1.165, 1.54) is 11.1 Å². The van der Waals surface area contributed by atoms with Crippen LogP contribution in [0.2, 0.25) is 0 Å². The summed E-state index contributed by atoms with van der Waals surface area (Å²) in [4.78, 5) is 14.1. The molecule has 1 aliphatic rings. The predicted octanol–water partition coefficient (Wildman–Crippen LogP) is 1.75. The van der Waals surface area contributed by atoms with Crippen molar-refractivity contribution in [1.82, 2.24) is 10.2 Å². The molecular weight excluding hydrogens is 224 g/mol. The minimum absolute atomic E-state index is 0.292. The first-order valence-electron chi connectivity index (χ1n) is 6.80. The van der Waals surface area contributed by atoms with Crippen LogP contribution in [-0.2, 0) is 11.2 Å². The minimum Gasteiger partial charge on any atom is -0.341 e. The first-order chi connectivity index (χ1) is 8.75. The van der Waals surface area contributed by atoms with Crippen LogP contribution in [0.15, 0.2) is 24.3 Å². The van der Waals surface area contributed by atoms with Crippen molar-refractivity contribution in [2.45, 2.75) is 26.2 Å². The maximum absolute atomic E-state index is 12.1. The van der Waals surface area contributed by atoms with Crippen LogP contribution in [0, 0.1) is 6.92 Å². The van der Waals surface area contributed by atoms with Crippen molar-refractivity contribution >= 4 is 5.91 Å². The summed E-state index contributed by atoms with van der Waals surface area (Å²) in [6.45, 7) is 5.80. The molecule has 2 rings (SSSR count). The maximum atomic E-state index is 12.1. The lowest BCUT2D eigenvalue weighted by Gasteiger charge is -2.19. The van der Waals surface area contributed by atoms with Crippen molar-refractivity contribution in [3.05, 3.63) is 35.4 Å². The zero-order valence-electron chi connectivity index (χ0n) is 11.1. The zero-order valence-corrected chi connectivity index (χ0v) is 11.1. The second-order valence-corrected chi connectivity index (χ2v) is 4.97. The van der Waals surface area contributed by atoms with Crippen LogP contribution < -0.4 is 5.32 Å². The molecule has 98 valence electrons. The third-order valence-electron chi connectivity index (χ3n) is 3.40. The largest absolute Gasteiger partial charge is 0.341 e. The number of aryl methyl sites for hydroxylation is 2. The highest BCUT2D eigenvalue weighted by Crippen LogP contribution is 2.08. The van der Waals surface area contributed by atoms with E-state index in [0.717, 1.165) is 39.0 Å². The average Bonchev–Trinajstić information content (AvgIpc) is 2.65. The molecule has 1 N–H and O–H groups in total. The van der Waals surface area contributed by atoms with Crippen molar-refractivity contribution < 1.29 is 4.79 Å². The molecule has 3 nitrogen and oxygen atoms in total. The molecule has 1 amide bonds. The van der Waals surface area contributed by atoms with E-state index >= 15 is 0 Å². The summed E-state index contributed by atoms with van der Waals surface area (Å²) in [5.41, 5.74) is 2.52. The van der Waals surface area contributed by atoms with E-state index in [0.29, 0.717) is 12.3 Å². The second kappa shape index (κ2) is 6.55. The highest BCUT2D eigenvalue weighted by atomic mass is 16.2. The van der Waals surface area contributed by atoms with Crippen LogP contribution in [0.1, 0.15) is 24.0 Å². The summed E-state index contributed by atoms with van der Waals surface area (Å²) in [6, 6.07) is 8.41. The summed E-state index contributed by atoms with van der Waals surface area (Å²) in [5, 5.41) is 3.32. The van der Waals surface area contributed by atoms with Gasteiger partial charge in [0.25, 0.3) is 0 Å². The van der Waals surface area contributed by atoms with Gasteiger partial charge in [0.1, 0.15) is 0 Å². The summed E-state index contributed by atoms with van der Waals surface area (Å²) < 4.78 is 0. The quantitative estimate of drug-likeness (QED) is 0.881. The molecule has 1 heterocycles. The van der Waals surface area contributed by atoms with Gasteiger partial charge in [-0.1, -0.05) is 29.8 Å². The number of nitrogens with zero attached hydrogens (tertiary/aromatic N) is 1. The molecule has 1 saturated heterocycles. The third-order valence-corrected chi connectivity index (χ3v) is 3.40. The van der Waals surface area contributed by atoms with E-state index in [4.69, 9.17) is 0 Å². The lowest BCUT2D eigenvalue weighted by atomic mass is 10.1. The molecule has 3 heteroatoms. The SMILES string of the molecule is Cc1cccc(CCC(=O)N2CCCNCC2)c1. The topological polar surface area (TPSA) is 32.3 Å². The average molecular weight is 246 g/mol. The molecule has 0 unspecified atom stereocenters. The summed E-state index contributed by atoms with van der Waals surface area (Å²) >= 11 is 0. The lowest BCUT2D eigenvalue weighted by molar-refractivity contribution is -0.130. The minimum atomic E-state index is 0.292. The number of hydrogen-bond acceptors (Lipinski definition) is 2. The number of hydrogen-bond donors (Lipinski definition) is 1. The van der Waals surface area contributed by atoms with Gasteiger partial charge in [0.15, 0.2) is 0 Å². The molecule has 18 heavy (non-hydrogen) atoms. The fraction of sp³-hybridized carbons (Fsp3) is 0.533. The number of amides is 1. The summed E-state index contributed by atoms with van der Waals surface area (Å²) in [5.74, 6) is 0.292. The van der Waals surface area contributed by atoms with Crippen LogP contribution in [0.25, 0.3) is 0 Å². The molecule has 1 fully saturated rings. The van der Waals surface area contributed by atoms with Gasteiger partial charge >= 0.3 is 0 Å². The fourth-order valence-electron chi connectivity index (χ4n) is 2.37. The molecule has 0 saturated carbocycles. The Morgan fingerprint density at radius 1 is 1.33 bits per heavy atom. The monoisotopic (exact) mass is 246 g/mol. The molecule has 0 bridgehead atoms. The van der Waals surface area contributed by atoms with E-state index < -0.39 is 0 Å². The number of nitrogens with one attached hydrogen (secondary N) is 1. The van der Waals surface area contributed by atoms with Crippen molar-refractivity contribution in [3.63, 3.8) is 0 Å². The van der Waals surface area contributed by atoms with Gasteiger partial charge in [-0.25, -0.2) is 0 Å². The lowest BCUT2D eigenvalue weighted by Crippen LogP contribution is -2.34.